The molecular weight excluding hydrogens is 392 g/mol. The van der Waals surface area contributed by atoms with Crippen LogP contribution in [0.4, 0.5) is 11.4 Å². The normalized spacial score (nSPS) is 13.2. The maximum Gasteiger partial charge on any atom is 0.259 e. The number of carbonyl (C=O) groups is 2. The maximum absolute atomic E-state index is 13.2. The summed E-state index contributed by atoms with van der Waals surface area (Å²) in [5.74, 6) is -0.176. The van der Waals surface area contributed by atoms with Gasteiger partial charge >= 0.3 is 0 Å². The summed E-state index contributed by atoms with van der Waals surface area (Å²) in [6.45, 7) is 1.78. The Bertz CT molecular complexity index is 1290. The van der Waals surface area contributed by atoms with Crippen molar-refractivity contribution < 1.29 is 14.1 Å². The summed E-state index contributed by atoms with van der Waals surface area (Å²) in [5.41, 5.74) is 4.07. The molecule has 2 heterocycles. The number of hydrogen-bond acceptors (Lipinski definition) is 5. The molecule has 0 spiro atoms. The molecule has 7 heteroatoms. The fourth-order valence-corrected chi connectivity index (χ4v) is 3.49. The molecule has 5 rings (SSSR count). The van der Waals surface area contributed by atoms with E-state index < -0.39 is 0 Å². The fraction of sp³-hybridized carbons (Fsp3) is 0.167. The lowest BCUT2D eigenvalue weighted by atomic mass is 10.0. The van der Waals surface area contributed by atoms with E-state index in [2.05, 4.69) is 20.8 Å². The van der Waals surface area contributed by atoms with Crippen LogP contribution in [0.25, 0.3) is 22.4 Å². The van der Waals surface area contributed by atoms with Crippen molar-refractivity contribution in [2.75, 3.05) is 10.6 Å². The number of rotatable bonds is 5. The van der Waals surface area contributed by atoms with Crippen molar-refractivity contribution in [3.63, 3.8) is 0 Å². The molecule has 1 aliphatic rings. The maximum atomic E-state index is 13.2. The highest BCUT2D eigenvalue weighted by Crippen LogP contribution is 2.31. The average molecular weight is 412 g/mol. The van der Waals surface area contributed by atoms with Crippen LogP contribution in [0, 0.1) is 12.8 Å². The van der Waals surface area contributed by atoms with Crippen LogP contribution in [0.5, 0.6) is 0 Å². The number of nitrogens with zero attached hydrogens (tertiary/aromatic N) is 2. The quantitative estimate of drug-likeness (QED) is 0.491. The number of fused-ring (bicyclic) bond motifs is 1. The molecule has 0 unspecified atom stereocenters. The smallest absolute Gasteiger partial charge is 0.259 e. The minimum Gasteiger partial charge on any atom is -0.335 e. The number of aryl methyl sites for hydroxylation is 1. The summed E-state index contributed by atoms with van der Waals surface area (Å²) >= 11 is 0. The zero-order valence-electron chi connectivity index (χ0n) is 16.9. The number of carbonyl (C=O) groups excluding carboxylic acids is 2. The molecule has 31 heavy (non-hydrogen) atoms. The Morgan fingerprint density at radius 1 is 0.968 bits per heavy atom. The van der Waals surface area contributed by atoms with Crippen molar-refractivity contribution in [1.82, 2.24) is 10.1 Å². The third kappa shape index (κ3) is 3.90. The van der Waals surface area contributed by atoms with E-state index in [-0.39, 0.29) is 17.7 Å². The Kier molecular flexibility index (Phi) is 4.71. The lowest BCUT2D eigenvalue weighted by Gasteiger charge is -2.10. The van der Waals surface area contributed by atoms with E-state index in [4.69, 9.17) is 4.52 Å². The highest BCUT2D eigenvalue weighted by atomic mass is 16.5. The van der Waals surface area contributed by atoms with Crippen LogP contribution in [0.15, 0.2) is 65.2 Å². The van der Waals surface area contributed by atoms with Crippen LogP contribution in [0.2, 0.25) is 0 Å². The van der Waals surface area contributed by atoms with Gasteiger partial charge in [-0.05, 0) is 44.0 Å². The summed E-state index contributed by atoms with van der Waals surface area (Å²) in [5, 5.41) is 10.4. The Balaban J connectivity index is 1.47. The first-order valence-corrected chi connectivity index (χ1v) is 10.1. The van der Waals surface area contributed by atoms with E-state index in [1.807, 2.05) is 30.3 Å². The Labute approximate surface area is 178 Å². The number of anilines is 2. The molecule has 1 fully saturated rings. The third-order valence-corrected chi connectivity index (χ3v) is 5.27. The number of benzene rings is 2. The minimum absolute atomic E-state index is 0.0203. The van der Waals surface area contributed by atoms with Crippen molar-refractivity contribution in [3.8, 4) is 11.3 Å². The highest BCUT2D eigenvalue weighted by Gasteiger charge is 2.29. The third-order valence-electron chi connectivity index (χ3n) is 5.27. The summed E-state index contributed by atoms with van der Waals surface area (Å²) < 4.78 is 5.35. The molecule has 7 nitrogen and oxygen atoms in total. The van der Waals surface area contributed by atoms with Crippen LogP contribution < -0.4 is 10.6 Å². The van der Waals surface area contributed by atoms with Crippen LogP contribution in [-0.4, -0.2) is 22.0 Å². The first-order valence-electron chi connectivity index (χ1n) is 10.1. The zero-order valence-corrected chi connectivity index (χ0v) is 16.9. The second kappa shape index (κ2) is 7.68. The van der Waals surface area contributed by atoms with Gasteiger partial charge in [-0.15, -0.1) is 0 Å². The van der Waals surface area contributed by atoms with Crippen molar-refractivity contribution in [2.45, 2.75) is 19.8 Å². The SMILES string of the molecule is Cc1noc2nc(-c3ccccc3)cc(C(=O)Nc3cccc(NC(=O)C4CC4)c3)c12. The number of aromatic nitrogens is 2. The van der Waals surface area contributed by atoms with E-state index >= 15 is 0 Å². The Hall–Kier alpha value is -4.00. The molecule has 2 aromatic heterocycles. The van der Waals surface area contributed by atoms with Crippen molar-refractivity contribution in [3.05, 3.63) is 71.9 Å². The molecule has 1 aliphatic carbocycles. The molecule has 0 atom stereocenters. The molecule has 2 N–H and O–H groups in total. The lowest BCUT2D eigenvalue weighted by Crippen LogP contribution is -2.15. The minimum atomic E-state index is -0.304. The predicted molar refractivity (Wildman–Crippen MR) is 118 cm³/mol. The highest BCUT2D eigenvalue weighted by molar-refractivity contribution is 6.13. The summed E-state index contributed by atoms with van der Waals surface area (Å²) in [4.78, 5) is 29.8. The predicted octanol–water partition coefficient (Wildman–Crippen LogP) is 4.80. The van der Waals surface area contributed by atoms with Gasteiger partial charge in [-0.2, -0.15) is 0 Å². The Morgan fingerprint density at radius 2 is 1.71 bits per heavy atom. The van der Waals surface area contributed by atoms with Crippen LogP contribution in [-0.2, 0) is 4.79 Å². The number of nitrogens with one attached hydrogen (secondary N) is 2. The van der Waals surface area contributed by atoms with E-state index in [0.29, 0.717) is 39.4 Å². The van der Waals surface area contributed by atoms with Gasteiger partial charge in [0.15, 0.2) is 0 Å². The second-order valence-electron chi connectivity index (χ2n) is 7.67. The van der Waals surface area contributed by atoms with Gasteiger partial charge in [-0.25, -0.2) is 4.98 Å². The van der Waals surface area contributed by atoms with Gasteiger partial charge < -0.3 is 15.2 Å². The summed E-state index contributed by atoms with van der Waals surface area (Å²) in [7, 11) is 0. The second-order valence-corrected chi connectivity index (χ2v) is 7.67. The first-order chi connectivity index (χ1) is 15.1. The number of pyridine rings is 1. The molecule has 2 amide bonds. The van der Waals surface area contributed by atoms with Gasteiger partial charge in [0.1, 0.15) is 0 Å². The van der Waals surface area contributed by atoms with Crippen molar-refractivity contribution >= 4 is 34.3 Å². The molecule has 0 bridgehead atoms. The van der Waals surface area contributed by atoms with Gasteiger partial charge in [0.05, 0.1) is 22.3 Å². The molecular formula is C24H20N4O3. The average Bonchev–Trinajstić information content (AvgIpc) is 3.57. The van der Waals surface area contributed by atoms with E-state index in [1.54, 1.807) is 37.3 Å². The van der Waals surface area contributed by atoms with Crippen LogP contribution in [0.3, 0.4) is 0 Å². The largest absolute Gasteiger partial charge is 0.335 e. The summed E-state index contributed by atoms with van der Waals surface area (Å²) in [6, 6.07) is 18.5. The van der Waals surface area contributed by atoms with Crippen molar-refractivity contribution in [1.29, 1.82) is 0 Å². The number of hydrogen-bond donors (Lipinski definition) is 2. The zero-order chi connectivity index (χ0) is 21.4. The molecule has 1 saturated carbocycles. The van der Waals surface area contributed by atoms with Crippen LogP contribution >= 0.6 is 0 Å². The van der Waals surface area contributed by atoms with E-state index in [1.165, 1.54) is 0 Å². The molecule has 0 radical (unpaired) electrons. The molecule has 2 aromatic carbocycles. The summed E-state index contributed by atoms with van der Waals surface area (Å²) in [6.07, 6.45) is 1.87. The Morgan fingerprint density at radius 3 is 2.45 bits per heavy atom. The van der Waals surface area contributed by atoms with Gasteiger partial charge in [0, 0.05) is 22.9 Å². The lowest BCUT2D eigenvalue weighted by molar-refractivity contribution is -0.117. The monoisotopic (exact) mass is 412 g/mol. The van der Waals surface area contributed by atoms with Gasteiger partial charge in [-0.1, -0.05) is 41.6 Å². The van der Waals surface area contributed by atoms with E-state index in [0.717, 1.165) is 18.4 Å². The molecule has 0 aliphatic heterocycles. The molecule has 154 valence electrons. The van der Waals surface area contributed by atoms with Gasteiger partial charge in [0.25, 0.3) is 11.6 Å². The molecule has 4 aromatic rings. The fourth-order valence-electron chi connectivity index (χ4n) is 3.49. The topological polar surface area (TPSA) is 97.1 Å². The van der Waals surface area contributed by atoms with Crippen molar-refractivity contribution in [2.24, 2.45) is 5.92 Å². The standard InChI is InChI=1S/C24H20N4O3/c1-14-21-19(13-20(27-24(21)31-28-14)15-6-3-2-4-7-15)23(30)26-18-9-5-8-17(12-18)25-22(29)16-10-11-16/h2-9,12-13,16H,10-11H2,1H3,(H,25,29)(H,26,30). The van der Waals surface area contributed by atoms with Gasteiger partial charge in [0.2, 0.25) is 5.91 Å². The molecule has 0 saturated heterocycles. The van der Waals surface area contributed by atoms with E-state index in [9.17, 15) is 9.59 Å². The van der Waals surface area contributed by atoms with Gasteiger partial charge in [-0.3, -0.25) is 9.59 Å². The van der Waals surface area contributed by atoms with Crippen LogP contribution in [0.1, 0.15) is 28.9 Å². The first kappa shape index (κ1) is 19.0. The number of amides is 2.